The molecule has 210 valence electrons. The van der Waals surface area contributed by atoms with E-state index in [0.29, 0.717) is 22.2 Å². The lowest BCUT2D eigenvalue weighted by Gasteiger charge is -2.19. The van der Waals surface area contributed by atoms with Crippen molar-refractivity contribution >= 4 is 33.8 Å². The summed E-state index contributed by atoms with van der Waals surface area (Å²) in [6.45, 7) is 0.0195. The normalized spacial score (nSPS) is 12.2. The average molecular weight is 575 g/mol. The fourth-order valence-electron chi connectivity index (χ4n) is 3.75. The summed E-state index contributed by atoms with van der Waals surface area (Å²) in [5.41, 5.74) is 1.76. The Morgan fingerprint density at radius 3 is 2.48 bits per heavy atom. The molecule has 0 unspecified atom stereocenters. The van der Waals surface area contributed by atoms with E-state index in [4.69, 9.17) is 9.47 Å². The van der Waals surface area contributed by atoms with E-state index in [1.807, 2.05) is 0 Å². The van der Waals surface area contributed by atoms with Gasteiger partial charge in [0, 0.05) is 18.8 Å². The Kier molecular flexibility index (Phi) is 8.83. The number of amides is 1. The minimum Gasteiger partial charge on any atom is -0.484 e. The molecule has 0 saturated heterocycles. The van der Waals surface area contributed by atoms with Crippen LogP contribution in [0.1, 0.15) is 21.6 Å². The largest absolute Gasteiger partial charge is 0.484 e. The van der Waals surface area contributed by atoms with E-state index in [2.05, 4.69) is 9.97 Å². The van der Waals surface area contributed by atoms with E-state index >= 15 is 0 Å². The molecule has 0 saturated carbocycles. The van der Waals surface area contributed by atoms with Crippen LogP contribution in [0.25, 0.3) is 11.0 Å². The fourth-order valence-corrected chi connectivity index (χ4v) is 5.00. The summed E-state index contributed by atoms with van der Waals surface area (Å²) in [4.78, 5) is 35.6. The molecule has 1 amide bonds. The number of carbonyl (C=O) groups excluding carboxylic acids is 2. The Hall–Kier alpha value is -4.26. The number of imidazole rings is 1. The van der Waals surface area contributed by atoms with Crippen LogP contribution in [0.3, 0.4) is 0 Å². The average Bonchev–Trinajstić information content (AvgIpc) is 3.32. The number of aromatic nitrogens is 3. The lowest BCUT2D eigenvalue weighted by molar-refractivity contribution is -0.153. The fraction of sp³-hybridized carbons (Fsp3) is 0.259. The van der Waals surface area contributed by atoms with Crippen LogP contribution in [0.4, 0.5) is 18.0 Å². The summed E-state index contributed by atoms with van der Waals surface area (Å²) in [6, 6.07) is 15.9. The van der Waals surface area contributed by atoms with Crippen LogP contribution in [0.15, 0.2) is 72.0 Å². The van der Waals surface area contributed by atoms with Crippen LogP contribution in [-0.4, -0.2) is 68.6 Å². The van der Waals surface area contributed by atoms with Gasteiger partial charge in [-0.15, -0.1) is 0 Å². The zero-order chi connectivity index (χ0) is 28.9. The van der Waals surface area contributed by atoms with Crippen molar-refractivity contribution in [3.63, 3.8) is 0 Å². The van der Waals surface area contributed by atoms with Crippen LogP contribution in [-0.2, 0) is 21.3 Å². The van der Waals surface area contributed by atoms with Crippen LogP contribution in [0, 0.1) is 6.92 Å². The zero-order valence-corrected chi connectivity index (χ0v) is 22.4. The molecule has 2 heterocycles. The molecule has 0 N–H and O–H groups in total. The minimum absolute atomic E-state index is 0.0336. The van der Waals surface area contributed by atoms with Gasteiger partial charge in [-0.3, -0.25) is 9.19 Å². The van der Waals surface area contributed by atoms with Crippen molar-refractivity contribution in [2.24, 2.45) is 0 Å². The summed E-state index contributed by atoms with van der Waals surface area (Å²) < 4.78 is 62.7. The van der Waals surface area contributed by atoms with Gasteiger partial charge < -0.3 is 14.4 Å². The first kappa shape index (κ1) is 28.7. The van der Waals surface area contributed by atoms with Gasteiger partial charge in [-0.2, -0.15) is 13.2 Å². The topological polar surface area (TPSA) is 104 Å². The number of fused-ring (bicyclic) bond motifs is 1. The van der Waals surface area contributed by atoms with Gasteiger partial charge in [0.25, 0.3) is 0 Å². The molecule has 0 aliphatic carbocycles. The molecule has 40 heavy (non-hydrogen) atoms. The van der Waals surface area contributed by atoms with Crippen molar-refractivity contribution in [1.29, 1.82) is 0 Å². The number of alkyl halides is 3. The lowest BCUT2D eigenvalue weighted by Crippen LogP contribution is -2.35. The van der Waals surface area contributed by atoms with Crippen molar-refractivity contribution in [3.05, 3.63) is 83.7 Å². The number of benzene rings is 2. The van der Waals surface area contributed by atoms with Crippen LogP contribution in [0.2, 0.25) is 0 Å². The Morgan fingerprint density at radius 1 is 1.05 bits per heavy atom. The number of likely N-dealkylation sites (N-methyl/N-ethyl adjacent to an activating group) is 1. The number of pyridine rings is 1. The zero-order valence-electron chi connectivity index (χ0n) is 21.6. The first-order valence-electron chi connectivity index (χ1n) is 12.0. The summed E-state index contributed by atoms with van der Waals surface area (Å²) >= 11 is 0. The highest BCUT2D eigenvalue weighted by molar-refractivity contribution is 7.84. The Balaban J connectivity index is 1.52. The number of rotatable bonds is 9. The number of nitrogens with zero attached hydrogens (tertiary/aromatic N) is 4. The van der Waals surface area contributed by atoms with Gasteiger partial charge in [-0.05, 0) is 37.3 Å². The monoisotopic (exact) mass is 574 g/mol. The molecular formula is C27H25F3N4O5S. The second-order valence-electron chi connectivity index (χ2n) is 8.70. The molecule has 1 atom stereocenters. The van der Waals surface area contributed by atoms with Crippen molar-refractivity contribution in [1.82, 2.24) is 19.4 Å². The second kappa shape index (κ2) is 12.3. The maximum absolute atomic E-state index is 13.5. The van der Waals surface area contributed by atoms with E-state index in [1.165, 1.54) is 35.7 Å². The summed E-state index contributed by atoms with van der Waals surface area (Å²) in [6.07, 6.45) is -3.25. The smallest absolute Gasteiger partial charge is 0.422 e. The Morgan fingerprint density at radius 2 is 1.75 bits per heavy atom. The van der Waals surface area contributed by atoms with Gasteiger partial charge in [-0.1, -0.05) is 30.3 Å². The first-order valence-corrected chi connectivity index (χ1v) is 13.3. The maximum Gasteiger partial charge on any atom is 0.422 e. The van der Waals surface area contributed by atoms with E-state index in [9.17, 15) is 27.0 Å². The number of hydrogen-bond acceptors (Lipinski definition) is 7. The van der Waals surface area contributed by atoms with E-state index in [0.717, 1.165) is 0 Å². The van der Waals surface area contributed by atoms with Gasteiger partial charge in [0.15, 0.2) is 6.61 Å². The van der Waals surface area contributed by atoms with Crippen molar-refractivity contribution in [2.75, 3.05) is 26.8 Å². The molecule has 0 fully saturated rings. The highest BCUT2D eigenvalue weighted by atomic mass is 32.2. The molecule has 4 rings (SSSR count). The predicted molar refractivity (Wildman–Crippen MR) is 141 cm³/mol. The van der Waals surface area contributed by atoms with Crippen molar-refractivity contribution in [3.8, 4) is 5.75 Å². The summed E-state index contributed by atoms with van der Waals surface area (Å²) in [5.74, 6) is -0.779. The van der Waals surface area contributed by atoms with Crippen LogP contribution in [0.5, 0.6) is 5.75 Å². The molecule has 2 aromatic carbocycles. The number of halogens is 3. The minimum atomic E-state index is -4.52. The highest BCUT2D eigenvalue weighted by Crippen LogP contribution is 2.26. The van der Waals surface area contributed by atoms with Gasteiger partial charge in [0.1, 0.15) is 12.4 Å². The van der Waals surface area contributed by atoms with Gasteiger partial charge in [0.05, 0.1) is 45.4 Å². The molecule has 9 nitrogen and oxygen atoms in total. The standard InChI is InChI=1S/C27H25F3N4O5S/c1-18-21(31-13-12-23(18)39-17-27(28,29)30)16-40(37)25-32-20-10-6-7-11-22(20)34(25)26(36)33(2)14-15-38-24(35)19-8-4-3-5-9-19/h3-13H,14-17H2,1-2H3/t40-/m0/s1. The molecule has 2 aromatic heterocycles. The summed E-state index contributed by atoms with van der Waals surface area (Å²) in [5, 5.41) is -0.0536. The van der Waals surface area contributed by atoms with Crippen molar-refractivity contribution in [2.45, 2.75) is 24.0 Å². The maximum atomic E-state index is 13.5. The lowest BCUT2D eigenvalue weighted by atomic mass is 10.2. The first-order chi connectivity index (χ1) is 19.0. The predicted octanol–water partition coefficient (Wildman–Crippen LogP) is 4.75. The second-order valence-corrected chi connectivity index (χ2v) is 10.0. The van der Waals surface area contributed by atoms with Crippen LogP contribution < -0.4 is 4.74 Å². The quantitative estimate of drug-likeness (QED) is 0.266. The van der Waals surface area contributed by atoms with E-state index in [1.54, 1.807) is 54.6 Å². The molecule has 4 aromatic rings. The molecule has 0 radical (unpaired) electrons. The van der Waals surface area contributed by atoms with Gasteiger partial charge in [-0.25, -0.2) is 19.1 Å². The van der Waals surface area contributed by atoms with Gasteiger partial charge >= 0.3 is 18.2 Å². The number of carbonyl (C=O) groups is 2. The number of para-hydroxylation sites is 2. The summed E-state index contributed by atoms with van der Waals surface area (Å²) in [7, 11) is -0.407. The van der Waals surface area contributed by atoms with Crippen LogP contribution >= 0.6 is 0 Å². The number of esters is 1. The number of ether oxygens (including phenoxy) is 2. The Labute approximate surface area is 230 Å². The molecule has 0 aliphatic rings. The Bertz CT molecular complexity index is 1540. The van der Waals surface area contributed by atoms with E-state index in [-0.39, 0.29) is 35.5 Å². The number of hydrogen-bond donors (Lipinski definition) is 0. The third-order valence-corrected chi connectivity index (χ3v) is 7.06. The van der Waals surface area contributed by atoms with Crippen molar-refractivity contribution < 1.29 is 36.4 Å². The highest BCUT2D eigenvalue weighted by Gasteiger charge is 2.29. The molecular weight excluding hydrogens is 549 g/mol. The SMILES string of the molecule is Cc1c(OCC(F)(F)F)ccnc1C[S@](=O)c1nc2ccccc2n1C(=O)N(C)CCOC(=O)c1ccccc1. The molecule has 13 heteroatoms. The molecule has 0 spiro atoms. The molecule has 0 bridgehead atoms. The molecule has 0 aliphatic heterocycles. The van der Waals surface area contributed by atoms with E-state index < -0.39 is 35.6 Å². The third kappa shape index (κ3) is 6.84. The third-order valence-electron chi connectivity index (χ3n) is 5.84. The van der Waals surface area contributed by atoms with Gasteiger partial charge in [0.2, 0.25) is 5.16 Å².